The number of hydrogen-bond donors (Lipinski definition) is 0. The van der Waals surface area contributed by atoms with Crippen LogP contribution in [0.5, 0.6) is 0 Å². The summed E-state index contributed by atoms with van der Waals surface area (Å²) in [5.74, 6) is 0.882. The van der Waals surface area contributed by atoms with E-state index in [9.17, 15) is 4.79 Å². The largest absolute Gasteiger partial charge is 0.337 e. The lowest BCUT2D eigenvalue weighted by Crippen LogP contribution is -2.28. The minimum absolute atomic E-state index is 0.0561. The Labute approximate surface area is 111 Å². The van der Waals surface area contributed by atoms with Gasteiger partial charge < -0.3 is 9.42 Å². The van der Waals surface area contributed by atoms with Crippen molar-refractivity contribution in [1.82, 2.24) is 15.0 Å². The molecule has 1 amide bonds. The molecule has 2 aromatic rings. The van der Waals surface area contributed by atoms with Crippen LogP contribution in [0.15, 0.2) is 47.5 Å². The maximum Gasteiger partial charge on any atom is 0.246 e. The van der Waals surface area contributed by atoms with Gasteiger partial charge in [-0.2, -0.15) is 4.98 Å². The van der Waals surface area contributed by atoms with Gasteiger partial charge in [-0.1, -0.05) is 41.6 Å². The summed E-state index contributed by atoms with van der Waals surface area (Å²) in [7, 11) is 0. The standard InChI is InChI=1S/C14H15N3O2/c1-3-9-17(11(2)18)10-13-15-14(16-19-13)12-7-5-4-6-8-12/h3-8H,1,9-10H2,2H3. The van der Waals surface area contributed by atoms with Gasteiger partial charge in [0.15, 0.2) is 0 Å². The van der Waals surface area contributed by atoms with Crippen molar-refractivity contribution >= 4 is 5.91 Å². The van der Waals surface area contributed by atoms with Crippen LogP contribution in [-0.2, 0) is 11.3 Å². The van der Waals surface area contributed by atoms with Gasteiger partial charge in [0.2, 0.25) is 17.6 Å². The molecule has 0 bridgehead atoms. The molecule has 0 aliphatic heterocycles. The third-order valence-electron chi connectivity index (χ3n) is 2.62. The van der Waals surface area contributed by atoms with Crippen molar-refractivity contribution in [2.75, 3.05) is 6.54 Å². The fraction of sp³-hybridized carbons (Fsp3) is 0.214. The Morgan fingerprint density at radius 1 is 1.42 bits per heavy atom. The maximum absolute atomic E-state index is 11.4. The maximum atomic E-state index is 11.4. The summed E-state index contributed by atoms with van der Waals surface area (Å²) in [6.45, 7) is 5.86. The Bertz CT molecular complexity index is 563. The molecule has 5 nitrogen and oxygen atoms in total. The first-order chi connectivity index (χ1) is 9.20. The van der Waals surface area contributed by atoms with E-state index >= 15 is 0 Å². The molecule has 0 fully saturated rings. The summed E-state index contributed by atoms with van der Waals surface area (Å²) in [6.07, 6.45) is 1.66. The predicted molar refractivity (Wildman–Crippen MR) is 71.0 cm³/mol. The molecule has 0 atom stereocenters. The Kier molecular flexibility index (Phi) is 4.07. The number of amides is 1. The molecule has 5 heteroatoms. The van der Waals surface area contributed by atoms with Crippen LogP contribution in [0.4, 0.5) is 0 Å². The number of carbonyl (C=O) groups excluding carboxylic acids is 1. The number of carbonyl (C=O) groups is 1. The monoisotopic (exact) mass is 257 g/mol. The third-order valence-corrected chi connectivity index (χ3v) is 2.62. The van der Waals surface area contributed by atoms with Crippen LogP contribution in [0.25, 0.3) is 11.4 Å². The second-order valence-corrected chi connectivity index (χ2v) is 4.07. The third kappa shape index (κ3) is 3.28. The van der Waals surface area contributed by atoms with Crippen LogP contribution in [0.2, 0.25) is 0 Å². The summed E-state index contributed by atoms with van der Waals surface area (Å²) < 4.78 is 5.16. The second-order valence-electron chi connectivity index (χ2n) is 4.07. The van der Waals surface area contributed by atoms with Crippen LogP contribution in [0, 0.1) is 0 Å². The van der Waals surface area contributed by atoms with Crippen molar-refractivity contribution in [2.45, 2.75) is 13.5 Å². The molecular weight excluding hydrogens is 242 g/mol. The van der Waals surface area contributed by atoms with Crippen molar-refractivity contribution in [3.05, 3.63) is 48.9 Å². The summed E-state index contributed by atoms with van der Waals surface area (Å²) >= 11 is 0. The highest BCUT2D eigenvalue weighted by molar-refractivity contribution is 5.73. The molecule has 0 radical (unpaired) electrons. The van der Waals surface area contributed by atoms with Crippen molar-refractivity contribution in [3.8, 4) is 11.4 Å². The molecule has 1 aromatic carbocycles. The van der Waals surface area contributed by atoms with Crippen LogP contribution in [-0.4, -0.2) is 27.5 Å². The van der Waals surface area contributed by atoms with E-state index in [1.54, 1.807) is 11.0 Å². The topological polar surface area (TPSA) is 59.2 Å². The number of nitrogens with zero attached hydrogens (tertiary/aromatic N) is 3. The Balaban J connectivity index is 2.13. The first-order valence-electron chi connectivity index (χ1n) is 5.95. The molecule has 0 aliphatic rings. The van der Waals surface area contributed by atoms with E-state index in [2.05, 4.69) is 16.7 Å². The normalized spacial score (nSPS) is 10.2. The van der Waals surface area contributed by atoms with E-state index in [0.717, 1.165) is 5.56 Å². The smallest absolute Gasteiger partial charge is 0.246 e. The van der Waals surface area contributed by atoms with Crippen molar-refractivity contribution in [1.29, 1.82) is 0 Å². The van der Waals surface area contributed by atoms with Crippen LogP contribution in [0.1, 0.15) is 12.8 Å². The van der Waals surface area contributed by atoms with Gasteiger partial charge in [0.1, 0.15) is 6.54 Å². The van der Waals surface area contributed by atoms with Crippen molar-refractivity contribution in [3.63, 3.8) is 0 Å². The van der Waals surface area contributed by atoms with Gasteiger partial charge in [-0.25, -0.2) is 0 Å². The van der Waals surface area contributed by atoms with E-state index in [1.165, 1.54) is 6.92 Å². The lowest BCUT2D eigenvalue weighted by Gasteiger charge is -2.16. The molecule has 0 unspecified atom stereocenters. The lowest BCUT2D eigenvalue weighted by molar-refractivity contribution is -0.129. The minimum Gasteiger partial charge on any atom is -0.337 e. The average Bonchev–Trinajstić information content (AvgIpc) is 2.88. The lowest BCUT2D eigenvalue weighted by atomic mass is 10.2. The first kappa shape index (κ1) is 13.0. The molecule has 0 N–H and O–H groups in total. The summed E-state index contributed by atoms with van der Waals surface area (Å²) in [4.78, 5) is 17.3. The Hall–Kier alpha value is -2.43. The SMILES string of the molecule is C=CCN(Cc1nc(-c2ccccc2)no1)C(C)=O. The molecular formula is C14H15N3O2. The quantitative estimate of drug-likeness (QED) is 0.771. The number of benzene rings is 1. The van der Waals surface area contributed by atoms with Crippen LogP contribution in [0.3, 0.4) is 0 Å². The summed E-state index contributed by atoms with van der Waals surface area (Å²) in [5.41, 5.74) is 0.885. The molecule has 0 saturated carbocycles. The zero-order valence-electron chi connectivity index (χ0n) is 10.7. The molecule has 2 rings (SSSR count). The Morgan fingerprint density at radius 3 is 2.79 bits per heavy atom. The molecule has 19 heavy (non-hydrogen) atoms. The van der Waals surface area contributed by atoms with Gasteiger partial charge in [0.25, 0.3) is 0 Å². The highest BCUT2D eigenvalue weighted by Gasteiger charge is 2.13. The number of hydrogen-bond acceptors (Lipinski definition) is 4. The van der Waals surface area contributed by atoms with Gasteiger partial charge in [-0.15, -0.1) is 6.58 Å². The zero-order chi connectivity index (χ0) is 13.7. The van der Waals surface area contributed by atoms with Gasteiger partial charge in [0, 0.05) is 19.0 Å². The van der Waals surface area contributed by atoms with E-state index < -0.39 is 0 Å². The highest BCUT2D eigenvalue weighted by Crippen LogP contribution is 2.15. The summed E-state index contributed by atoms with van der Waals surface area (Å²) in [6, 6.07) is 9.55. The minimum atomic E-state index is -0.0561. The predicted octanol–water partition coefficient (Wildman–Crippen LogP) is 2.27. The highest BCUT2D eigenvalue weighted by atomic mass is 16.5. The van der Waals surface area contributed by atoms with Crippen molar-refractivity contribution < 1.29 is 9.32 Å². The number of aromatic nitrogens is 2. The first-order valence-corrected chi connectivity index (χ1v) is 5.95. The van der Waals surface area contributed by atoms with Crippen LogP contribution < -0.4 is 0 Å². The fourth-order valence-corrected chi connectivity index (χ4v) is 1.65. The van der Waals surface area contributed by atoms with E-state index in [-0.39, 0.29) is 5.91 Å². The van der Waals surface area contributed by atoms with E-state index in [1.807, 2.05) is 30.3 Å². The number of rotatable bonds is 5. The molecule has 0 spiro atoms. The molecule has 0 saturated heterocycles. The second kappa shape index (κ2) is 5.95. The molecule has 1 heterocycles. The van der Waals surface area contributed by atoms with E-state index in [4.69, 9.17) is 4.52 Å². The van der Waals surface area contributed by atoms with Gasteiger partial charge >= 0.3 is 0 Å². The van der Waals surface area contributed by atoms with Gasteiger partial charge in [-0.05, 0) is 0 Å². The van der Waals surface area contributed by atoms with Gasteiger partial charge in [0.05, 0.1) is 0 Å². The summed E-state index contributed by atoms with van der Waals surface area (Å²) in [5, 5.41) is 3.91. The molecule has 98 valence electrons. The van der Waals surface area contributed by atoms with Crippen LogP contribution >= 0.6 is 0 Å². The van der Waals surface area contributed by atoms with E-state index in [0.29, 0.717) is 24.8 Å². The molecule has 1 aromatic heterocycles. The molecule has 0 aliphatic carbocycles. The van der Waals surface area contributed by atoms with Crippen molar-refractivity contribution in [2.24, 2.45) is 0 Å². The van der Waals surface area contributed by atoms with Gasteiger partial charge in [-0.3, -0.25) is 4.79 Å². The zero-order valence-corrected chi connectivity index (χ0v) is 10.7. The average molecular weight is 257 g/mol. The fourth-order valence-electron chi connectivity index (χ4n) is 1.65. The Morgan fingerprint density at radius 2 is 2.16 bits per heavy atom.